The van der Waals surface area contributed by atoms with Gasteiger partial charge in [0.1, 0.15) is 6.04 Å². The van der Waals surface area contributed by atoms with Crippen LogP contribution in [0.2, 0.25) is 5.02 Å². The number of nitrogens with one attached hydrogen (secondary N) is 1. The molecule has 0 saturated carbocycles. The van der Waals surface area contributed by atoms with Crippen LogP contribution in [0.1, 0.15) is 53.6 Å². The van der Waals surface area contributed by atoms with Crippen LogP contribution >= 0.6 is 23.8 Å². The van der Waals surface area contributed by atoms with Crippen LogP contribution in [0.5, 0.6) is 0 Å². The number of hydrogen-bond acceptors (Lipinski definition) is 4. The number of anilines is 2. The number of carbonyl (C=O) groups is 1. The van der Waals surface area contributed by atoms with Crippen LogP contribution in [0, 0.1) is 5.92 Å². The van der Waals surface area contributed by atoms with Crippen molar-refractivity contribution in [3.8, 4) is 5.69 Å². The van der Waals surface area contributed by atoms with Gasteiger partial charge in [0, 0.05) is 42.6 Å². The van der Waals surface area contributed by atoms with Crippen LogP contribution in [-0.2, 0) is 0 Å². The van der Waals surface area contributed by atoms with Gasteiger partial charge in [-0.05, 0) is 97.7 Å². The molecule has 0 bridgehead atoms. The molecule has 0 spiro atoms. The molecule has 2 saturated heterocycles. The van der Waals surface area contributed by atoms with Gasteiger partial charge in [-0.25, -0.2) is 4.79 Å². The Kier molecular flexibility index (Phi) is 7.21. The third kappa shape index (κ3) is 4.93. The van der Waals surface area contributed by atoms with Gasteiger partial charge in [-0.2, -0.15) is 0 Å². The zero-order valence-corrected chi connectivity index (χ0v) is 23.6. The van der Waals surface area contributed by atoms with Crippen molar-refractivity contribution in [2.45, 2.75) is 31.8 Å². The predicted molar refractivity (Wildman–Crippen MR) is 163 cm³/mol. The molecular weight excluding hydrogens is 542 g/mol. The Balaban J connectivity index is 1.41. The smallest absolute Gasteiger partial charge is 0.335 e. The first-order valence-corrected chi connectivity index (χ1v) is 14.3. The Labute approximate surface area is 244 Å². The second-order valence-electron chi connectivity index (χ2n) is 10.5. The molecule has 2 aliphatic heterocycles. The van der Waals surface area contributed by atoms with E-state index in [2.05, 4.69) is 49.8 Å². The first kappa shape index (κ1) is 26.3. The lowest BCUT2D eigenvalue weighted by molar-refractivity contribution is 0.0697. The summed E-state index contributed by atoms with van der Waals surface area (Å²) in [7, 11) is 0. The fraction of sp³-hybridized carbons (Fsp3) is 0.258. The number of carboxylic acids is 1. The number of carboxylic acid groups (broad SMARTS) is 1. The van der Waals surface area contributed by atoms with E-state index in [-0.39, 0.29) is 17.6 Å². The number of halogens is 1. The average molecular weight is 572 g/mol. The predicted octanol–water partition coefficient (Wildman–Crippen LogP) is 6.64. The van der Waals surface area contributed by atoms with Gasteiger partial charge in [0.25, 0.3) is 0 Å². The molecule has 4 heterocycles. The maximum Gasteiger partial charge on any atom is 0.335 e. The highest BCUT2D eigenvalue weighted by molar-refractivity contribution is 7.80. The van der Waals surface area contributed by atoms with Crippen molar-refractivity contribution in [1.82, 2.24) is 14.9 Å². The summed E-state index contributed by atoms with van der Waals surface area (Å²) in [6.07, 6.45) is 6.09. The van der Waals surface area contributed by atoms with E-state index >= 15 is 0 Å². The largest absolute Gasteiger partial charge is 0.478 e. The molecule has 0 aliphatic carbocycles. The Bertz CT molecular complexity index is 1530. The van der Waals surface area contributed by atoms with E-state index in [4.69, 9.17) is 23.8 Å². The van der Waals surface area contributed by atoms with Crippen molar-refractivity contribution < 1.29 is 9.90 Å². The first-order valence-electron chi connectivity index (χ1n) is 13.5. The minimum Gasteiger partial charge on any atom is -0.478 e. The number of rotatable bonds is 6. The van der Waals surface area contributed by atoms with Crippen LogP contribution in [-0.4, -0.2) is 38.8 Å². The van der Waals surface area contributed by atoms with Gasteiger partial charge in [-0.15, -0.1) is 0 Å². The number of benzene rings is 2. The van der Waals surface area contributed by atoms with E-state index in [1.165, 1.54) is 0 Å². The number of nitrogens with zero attached hydrogens (tertiary/aromatic N) is 4. The van der Waals surface area contributed by atoms with E-state index in [1.807, 2.05) is 48.7 Å². The maximum absolute atomic E-state index is 11.4. The van der Waals surface area contributed by atoms with Gasteiger partial charge in [-0.3, -0.25) is 4.98 Å². The molecule has 2 aromatic carbocycles. The van der Waals surface area contributed by atoms with Crippen molar-refractivity contribution in [1.29, 1.82) is 0 Å². The summed E-state index contributed by atoms with van der Waals surface area (Å²) < 4.78 is 2.07. The summed E-state index contributed by atoms with van der Waals surface area (Å²) >= 11 is 12.9. The zero-order valence-electron chi connectivity index (χ0n) is 22.1. The molecule has 0 unspecified atom stereocenters. The Morgan fingerprint density at radius 2 is 1.77 bits per heavy atom. The molecule has 40 heavy (non-hydrogen) atoms. The number of aromatic carboxylic acids is 1. The van der Waals surface area contributed by atoms with Crippen molar-refractivity contribution in [2.24, 2.45) is 5.92 Å². The number of piperidine rings is 1. The van der Waals surface area contributed by atoms with Crippen LogP contribution in [0.25, 0.3) is 5.69 Å². The molecule has 204 valence electrons. The molecule has 2 aliphatic rings. The van der Waals surface area contributed by atoms with Crippen molar-refractivity contribution >= 4 is 46.3 Å². The quantitative estimate of drug-likeness (QED) is 0.251. The van der Waals surface area contributed by atoms with Gasteiger partial charge in [0.2, 0.25) is 0 Å². The fourth-order valence-electron chi connectivity index (χ4n) is 5.72. The third-order valence-corrected chi connectivity index (χ3v) is 8.52. The molecule has 6 rings (SSSR count). The number of hydrogen-bond donors (Lipinski definition) is 2. The third-order valence-electron chi connectivity index (χ3n) is 7.91. The van der Waals surface area contributed by atoms with Crippen molar-refractivity contribution in [3.63, 3.8) is 0 Å². The maximum atomic E-state index is 11.4. The molecule has 2 atom stereocenters. The van der Waals surface area contributed by atoms with Gasteiger partial charge < -0.3 is 24.8 Å². The minimum absolute atomic E-state index is 0.220. The Morgan fingerprint density at radius 3 is 2.45 bits per heavy atom. The van der Waals surface area contributed by atoms with Gasteiger partial charge in [-0.1, -0.05) is 24.6 Å². The molecule has 2 aromatic heterocycles. The SMILES string of the molecule is CC1CCN(c2ccc(N3C(=S)N[C@@H](c4ccccn4)[C@@H]3c3cccn3-c3ccc(C(=O)O)cc3)cc2Cl)CC1. The second-order valence-corrected chi connectivity index (χ2v) is 11.3. The molecule has 0 amide bonds. The molecule has 7 nitrogen and oxygen atoms in total. The summed E-state index contributed by atoms with van der Waals surface area (Å²) in [6.45, 7) is 4.31. The normalized spacial score (nSPS) is 19.6. The van der Waals surface area contributed by atoms with Crippen LogP contribution in [0.15, 0.2) is 85.2 Å². The van der Waals surface area contributed by atoms with Crippen molar-refractivity contribution in [2.75, 3.05) is 22.9 Å². The van der Waals surface area contributed by atoms with Crippen LogP contribution in [0.4, 0.5) is 11.4 Å². The summed E-state index contributed by atoms with van der Waals surface area (Å²) in [5.41, 5.74) is 4.90. The zero-order chi connectivity index (χ0) is 27.8. The van der Waals surface area contributed by atoms with E-state index in [0.29, 0.717) is 10.1 Å². The average Bonchev–Trinajstić information content (AvgIpc) is 3.58. The minimum atomic E-state index is -0.953. The highest BCUT2D eigenvalue weighted by Crippen LogP contribution is 2.44. The number of thiocarbonyl (C=S) groups is 1. The second kappa shape index (κ2) is 10.9. The first-order chi connectivity index (χ1) is 19.4. The summed E-state index contributed by atoms with van der Waals surface area (Å²) in [5.74, 6) is -0.214. The Morgan fingerprint density at radius 1 is 1.02 bits per heavy atom. The standard InChI is InChI=1S/C31H30ClN5O2S/c1-20-13-17-35(18-14-20)26-12-11-23(19-24(26)32)37-29(28(34-31(37)40)25-5-2-3-15-33-25)27-6-4-16-36(27)22-9-7-21(8-10-22)30(38)39/h2-12,15-16,19-20,28-29H,13-14,17-18H2,1H3,(H,34,40)(H,38,39)/t28-,29-/m0/s1. The number of aromatic nitrogens is 2. The van der Waals surface area contributed by atoms with Crippen LogP contribution < -0.4 is 15.1 Å². The summed E-state index contributed by atoms with van der Waals surface area (Å²) in [5, 5.41) is 14.2. The van der Waals surface area contributed by atoms with Crippen LogP contribution in [0.3, 0.4) is 0 Å². The lowest BCUT2D eigenvalue weighted by Gasteiger charge is -2.33. The number of pyridine rings is 1. The molecule has 4 aromatic rings. The lowest BCUT2D eigenvalue weighted by Crippen LogP contribution is -2.33. The molecule has 2 fully saturated rings. The summed E-state index contributed by atoms with van der Waals surface area (Å²) in [6, 6.07) is 22.5. The van der Waals surface area contributed by atoms with E-state index in [9.17, 15) is 9.90 Å². The summed E-state index contributed by atoms with van der Waals surface area (Å²) in [4.78, 5) is 20.6. The fourth-order valence-corrected chi connectivity index (χ4v) is 6.36. The van der Waals surface area contributed by atoms with E-state index in [1.54, 1.807) is 18.3 Å². The molecule has 9 heteroatoms. The monoisotopic (exact) mass is 571 g/mol. The highest BCUT2D eigenvalue weighted by atomic mass is 35.5. The van der Waals surface area contributed by atoms with E-state index in [0.717, 1.165) is 60.3 Å². The van der Waals surface area contributed by atoms with Gasteiger partial charge in [0.05, 0.1) is 28.0 Å². The highest BCUT2D eigenvalue weighted by Gasteiger charge is 2.42. The topological polar surface area (TPSA) is 73.6 Å². The lowest BCUT2D eigenvalue weighted by atomic mass is 9.98. The van der Waals surface area contributed by atoms with Gasteiger partial charge >= 0.3 is 5.97 Å². The Hall–Kier alpha value is -3.88. The van der Waals surface area contributed by atoms with E-state index < -0.39 is 5.97 Å². The van der Waals surface area contributed by atoms with Crippen molar-refractivity contribution in [3.05, 3.63) is 107 Å². The van der Waals surface area contributed by atoms with Gasteiger partial charge in [0.15, 0.2) is 5.11 Å². The molecule has 0 radical (unpaired) electrons. The molecular formula is C31H30ClN5O2S. The molecule has 2 N–H and O–H groups in total.